The number of anilines is 1. The summed E-state index contributed by atoms with van der Waals surface area (Å²) in [5.74, 6) is 0.434. The summed E-state index contributed by atoms with van der Waals surface area (Å²) in [6.07, 6.45) is 2.78. The van der Waals surface area contributed by atoms with Crippen LogP contribution in [0.2, 0.25) is 0 Å². The fourth-order valence-corrected chi connectivity index (χ4v) is 2.39. The third kappa shape index (κ3) is 3.37. The highest BCUT2D eigenvalue weighted by molar-refractivity contribution is 5.95. The molecule has 1 amide bonds. The first-order valence-electron chi connectivity index (χ1n) is 7.90. The molecule has 0 saturated heterocycles. The molecule has 0 aliphatic carbocycles. The summed E-state index contributed by atoms with van der Waals surface area (Å²) in [4.78, 5) is 16.7. The number of nitrogens with zero attached hydrogens (tertiary/aromatic N) is 3. The SMILES string of the molecule is CC(Oc1ccccc1)C(=O)Nc1cnc2c(cnn2C(C)C)c1. The van der Waals surface area contributed by atoms with Gasteiger partial charge in [0, 0.05) is 11.4 Å². The molecule has 0 fully saturated rings. The number of aromatic nitrogens is 3. The Kier molecular flexibility index (Phi) is 4.46. The first-order valence-corrected chi connectivity index (χ1v) is 7.90. The van der Waals surface area contributed by atoms with Gasteiger partial charge in [0.25, 0.3) is 5.91 Å². The van der Waals surface area contributed by atoms with E-state index in [1.165, 1.54) is 0 Å². The first-order chi connectivity index (χ1) is 11.5. The molecule has 3 rings (SSSR count). The molecule has 1 atom stereocenters. The van der Waals surface area contributed by atoms with E-state index < -0.39 is 6.10 Å². The van der Waals surface area contributed by atoms with Crippen LogP contribution in [0.4, 0.5) is 5.69 Å². The maximum absolute atomic E-state index is 12.3. The van der Waals surface area contributed by atoms with Crippen LogP contribution in [-0.4, -0.2) is 26.8 Å². The van der Waals surface area contributed by atoms with E-state index >= 15 is 0 Å². The number of carbonyl (C=O) groups is 1. The van der Waals surface area contributed by atoms with Gasteiger partial charge in [-0.1, -0.05) is 18.2 Å². The second-order valence-corrected chi connectivity index (χ2v) is 5.88. The van der Waals surface area contributed by atoms with Crippen LogP contribution in [0.25, 0.3) is 11.0 Å². The molecule has 0 spiro atoms. The first kappa shape index (κ1) is 16.0. The van der Waals surface area contributed by atoms with E-state index in [0.29, 0.717) is 11.4 Å². The summed E-state index contributed by atoms with van der Waals surface area (Å²) < 4.78 is 7.47. The van der Waals surface area contributed by atoms with E-state index in [9.17, 15) is 4.79 Å². The molecule has 0 saturated carbocycles. The molecule has 24 heavy (non-hydrogen) atoms. The van der Waals surface area contributed by atoms with Crippen molar-refractivity contribution in [1.82, 2.24) is 14.8 Å². The van der Waals surface area contributed by atoms with Gasteiger partial charge < -0.3 is 10.1 Å². The summed E-state index contributed by atoms with van der Waals surface area (Å²) in [6, 6.07) is 11.4. The second-order valence-electron chi connectivity index (χ2n) is 5.88. The number of carbonyl (C=O) groups excluding carboxylic acids is 1. The standard InChI is InChI=1S/C18H20N4O2/c1-12(2)22-17-14(10-20-22)9-15(11-19-17)21-18(23)13(3)24-16-7-5-4-6-8-16/h4-13H,1-3H3,(H,21,23). The van der Waals surface area contributed by atoms with E-state index in [4.69, 9.17) is 4.74 Å². The molecule has 2 heterocycles. The van der Waals surface area contributed by atoms with Crippen molar-refractivity contribution in [2.45, 2.75) is 32.9 Å². The molecule has 1 aromatic carbocycles. The molecule has 3 aromatic rings. The minimum Gasteiger partial charge on any atom is -0.481 e. The molecule has 0 aliphatic heterocycles. The van der Waals surface area contributed by atoms with Crippen molar-refractivity contribution >= 4 is 22.6 Å². The molecule has 124 valence electrons. The summed E-state index contributed by atoms with van der Waals surface area (Å²) in [5.41, 5.74) is 1.43. The van der Waals surface area contributed by atoms with Gasteiger partial charge in [0.1, 0.15) is 5.75 Å². The zero-order valence-corrected chi connectivity index (χ0v) is 13.9. The van der Waals surface area contributed by atoms with Gasteiger partial charge in [-0.3, -0.25) is 4.79 Å². The van der Waals surface area contributed by atoms with E-state index in [1.807, 2.05) is 54.9 Å². The van der Waals surface area contributed by atoms with Gasteiger partial charge in [-0.25, -0.2) is 9.67 Å². The largest absolute Gasteiger partial charge is 0.481 e. The monoisotopic (exact) mass is 324 g/mol. The minimum atomic E-state index is -0.610. The number of nitrogens with one attached hydrogen (secondary N) is 1. The number of benzene rings is 1. The van der Waals surface area contributed by atoms with Gasteiger partial charge in [0.2, 0.25) is 0 Å². The number of hydrogen-bond donors (Lipinski definition) is 1. The molecule has 1 N–H and O–H groups in total. The highest BCUT2D eigenvalue weighted by Crippen LogP contribution is 2.19. The van der Waals surface area contributed by atoms with Crippen molar-refractivity contribution < 1.29 is 9.53 Å². The number of rotatable bonds is 5. The minimum absolute atomic E-state index is 0.226. The van der Waals surface area contributed by atoms with Gasteiger partial charge >= 0.3 is 0 Å². The number of ether oxygens (including phenoxy) is 1. The Bertz CT molecular complexity index is 843. The van der Waals surface area contributed by atoms with Crippen molar-refractivity contribution in [2.75, 3.05) is 5.32 Å². The molecule has 0 bridgehead atoms. The van der Waals surface area contributed by atoms with E-state index in [0.717, 1.165) is 11.0 Å². The quantitative estimate of drug-likeness (QED) is 0.781. The van der Waals surface area contributed by atoms with E-state index in [2.05, 4.69) is 15.4 Å². The maximum atomic E-state index is 12.3. The average Bonchev–Trinajstić information content (AvgIpc) is 2.99. The van der Waals surface area contributed by atoms with Crippen LogP contribution in [-0.2, 0) is 4.79 Å². The second kappa shape index (κ2) is 6.70. The molecule has 6 nitrogen and oxygen atoms in total. The van der Waals surface area contributed by atoms with Gasteiger partial charge in [0.05, 0.1) is 18.1 Å². The normalized spacial score (nSPS) is 12.3. The number of pyridine rings is 1. The third-order valence-electron chi connectivity index (χ3n) is 3.62. The molecule has 2 aromatic heterocycles. The molecule has 0 radical (unpaired) electrons. The summed E-state index contributed by atoms with van der Waals surface area (Å²) in [6.45, 7) is 5.81. The summed E-state index contributed by atoms with van der Waals surface area (Å²) in [5, 5.41) is 8.04. The van der Waals surface area contributed by atoms with Crippen LogP contribution in [0, 0.1) is 0 Å². The lowest BCUT2D eigenvalue weighted by Gasteiger charge is -2.14. The van der Waals surface area contributed by atoms with Crippen molar-refractivity contribution in [2.24, 2.45) is 0 Å². The smallest absolute Gasteiger partial charge is 0.265 e. The Morgan fingerprint density at radius 3 is 2.62 bits per heavy atom. The highest BCUT2D eigenvalue weighted by Gasteiger charge is 2.16. The lowest BCUT2D eigenvalue weighted by Crippen LogP contribution is -2.30. The Morgan fingerprint density at radius 2 is 1.92 bits per heavy atom. The molecule has 6 heteroatoms. The highest BCUT2D eigenvalue weighted by atomic mass is 16.5. The molecular weight excluding hydrogens is 304 g/mol. The van der Waals surface area contributed by atoms with Crippen LogP contribution in [0.3, 0.4) is 0 Å². The molecular formula is C18H20N4O2. The van der Waals surface area contributed by atoms with E-state index in [1.54, 1.807) is 19.3 Å². The van der Waals surface area contributed by atoms with Crippen LogP contribution >= 0.6 is 0 Å². The van der Waals surface area contributed by atoms with Gasteiger partial charge in [-0.15, -0.1) is 0 Å². The van der Waals surface area contributed by atoms with Crippen molar-refractivity contribution in [3.8, 4) is 5.75 Å². The Balaban J connectivity index is 1.71. The van der Waals surface area contributed by atoms with Gasteiger partial charge in [-0.05, 0) is 39.0 Å². The van der Waals surface area contributed by atoms with Crippen LogP contribution in [0.15, 0.2) is 48.8 Å². The number of amides is 1. The van der Waals surface area contributed by atoms with Crippen LogP contribution in [0.1, 0.15) is 26.8 Å². The fourth-order valence-electron chi connectivity index (χ4n) is 2.39. The topological polar surface area (TPSA) is 69.0 Å². The average molecular weight is 324 g/mol. The number of hydrogen-bond acceptors (Lipinski definition) is 4. The Morgan fingerprint density at radius 1 is 1.17 bits per heavy atom. The van der Waals surface area contributed by atoms with Crippen molar-refractivity contribution in [3.63, 3.8) is 0 Å². The fraction of sp³-hybridized carbons (Fsp3) is 0.278. The van der Waals surface area contributed by atoms with Crippen LogP contribution in [0.5, 0.6) is 5.75 Å². The molecule has 1 unspecified atom stereocenters. The zero-order chi connectivity index (χ0) is 17.1. The summed E-state index contributed by atoms with van der Waals surface area (Å²) >= 11 is 0. The van der Waals surface area contributed by atoms with Crippen molar-refractivity contribution in [1.29, 1.82) is 0 Å². The summed E-state index contributed by atoms with van der Waals surface area (Å²) in [7, 11) is 0. The lowest BCUT2D eigenvalue weighted by atomic mass is 10.3. The van der Waals surface area contributed by atoms with E-state index in [-0.39, 0.29) is 11.9 Å². The van der Waals surface area contributed by atoms with Gasteiger partial charge in [0.15, 0.2) is 11.8 Å². The Labute approximate surface area is 140 Å². The lowest BCUT2D eigenvalue weighted by molar-refractivity contribution is -0.122. The Hall–Kier alpha value is -2.89. The van der Waals surface area contributed by atoms with Crippen molar-refractivity contribution in [3.05, 3.63) is 48.8 Å². The third-order valence-corrected chi connectivity index (χ3v) is 3.62. The maximum Gasteiger partial charge on any atom is 0.265 e. The number of para-hydroxylation sites is 1. The predicted molar refractivity (Wildman–Crippen MR) is 93.1 cm³/mol. The molecule has 0 aliphatic rings. The van der Waals surface area contributed by atoms with Crippen LogP contribution < -0.4 is 10.1 Å². The zero-order valence-electron chi connectivity index (χ0n) is 13.9. The predicted octanol–water partition coefficient (Wildman–Crippen LogP) is 3.42. The number of fused-ring (bicyclic) bond motifs is 1. The van der Waals surface area contributed by atoms with Gasteiger partial charge in [-0.2, -0.15) is 5.10 Å².